The zero-order valence-electron chi connectivity index (χ0n) is 30.6. The maximum absolute atomic E-state index is 7.49. The van der Waals surface area contributed by atoms with E-state index in [-0.39, 0.29) is 0 Å². The fourth-order valence-corrected chi connectivity index (χ4v) is 15.7. The Bertz CT molecular complexity index is 1040. The van der Waals surface area contributed by atoms with Crippen molar-refractivity contribution in [2.24, 2.45) is 53.3 Å². The first-order valence-corrected chi connectivity index (χ1v) is 22.5. The quantitative estimate of drug-likeness (QED) is 0.282. The van der Waals surface area contributed by atoms with Gasteiger partial charge in [0.05, 0.1) is 30.7 Å². The molecule has 5 heteroatoms. The Balaban J connectivity index is 0.882. The lowest BCUT2D eigenvalue weighted by molar-refractivity contribution is -0.0737. The minimum atomic E-state index is 0.465. The molecule has 10 aliphatic rings. The van der Waals surface area contributed by atoms with Crippen molar-refractivity contribution in [3.8, 4) is 0 Å². The van der Waals surface area contributed by atoms with E-state index in [1.165, 1.54) is 167 Å². The lowest BCUT2D eigenvalue weighted by Gasteiger charge is -2.54. The molecule has 14 atom stereocenters. The second kappa shape index (κ2) is 14.0. The van der Waals surface area contributed by atoms with Crippen molar-refractivity contribution in [2.45, 2.75) is 216 Å². The predicted molar refractivity (Wildman–Crippen MR) is 194 cm³/mol. The number of ether oxygens (including phenoxy) is 1. The average Bonchev–Trinajstić information content (AvgIpc) is 3.70. The second-order valence-corrected chi connectivity index (χ2v) is 19.6. The standard InChI is InChI=1S/C43H72N4O/c1-3-13-27(14-4-1)41-44-42(28-15-5-2-6-16-28)46-43(45-41)35-26-39-40(33-20-8-7-17-30(33)35)34-24-23-29(25-38(34)48-39)47-36-21-11-9-18-31(36)32-19-10-12-22-37(32)47/h27-46H,1-26H2. The summed E-state index contributed by atoms with van der Waals surface area (Å²) >= 11 is 0. The van der Waals surface area contributed by atoms with Crippen LogP contribution in [0.3, 0.4) is 0 Å². The molecule has 0 radical (unpaired) electrons. The summed E-state index contributed by atoms with van der Waals surface area (Å²) in [6.07, 6.45) is 40.5. The molecule has 0 aromatic heterocycles. The molecule has 10 rings (SSSR count). The van der Waals surface area contributed by atoms with Crippen molar-refractivity contribution < 1.29 is 4.74 Å². The van der Waals surface area contributed by atoms with Gasteiger partial charge in [0.2, 0.25) is 0 Å². The molecule has 10 fully saturated rings. The van der Waals surface area contributed by atoms with Gasteiger partial charge in [-0.25, -0.2) is 0 Å². The van der Waals surface area contributed by atoms with Crippen molar-refractivity contribution in [1.82, 2.24) is 20.9 Å². The first kappa shape index (κ1) is 32.5. The molecule has 0 aromatic rings. The first-order valence-electron chi connectivity index (χ1n) is 22.5. The third-order valence-corrected chi connectivity index (χ3v) is 17.6. The van der Waals surface area contributed by atoms with Gasteiger partial charge in [-0.3, -0.25) is 20.9 Å². The molecular formula is C43H72N4O. The summed E-state index contributed by atoms with van der Waals surface area (Å²) in [5.74, 6) is 7.92. The van der Waals surface area contributed by atoms with E-state index >= 15 is 0 Å². The van der Waals surface area contributed by atoms with E-state index in [0.29, 0.717) is 30.7 Å². The second-order valence-electron chi connectivity index (χ2n) is 19.6. The minimum Gasteiger partial charge on any atom is -0.374 e. The Kier molecular flexibility index (Phi) is 9.45. The number of hydrogen-bond donors (Lipinski definition) is 3. The van der Waals surface area contributed by atoms with Crippen molar-refractivity contribution in [1.29, 1.82) is 0 Å². The van der Waals surface area contributed by atoms with E-state index in [0.717, 1.165) is 71.4 Å². The van der Waals surface area contributed by atoms with Gasteiger partial charge in [-0.2, -0.15) is 0 Å². The number of nitrogens with one attached hydrogen (secondary N) is 3. The van der Waals surface area contributed by atoms with Crippen LogP contribution in [0.4, 0.5) is 0 Å². The van der Waals surface area contributed by atoms with Gasteiger partial charge in [-0.05, 0) is 143 Å². The van der Waals surface area contributed by atoms with Crippen LogP contribution < -0.4 is 16.0 Å². The van der Waals surface area contributed by atoms with Crippen molar-refractivity contribution in [2.75, 3.05) is 0 Å². The predicted octanol–water partition coefficient (Wildman–Crippen LogP) is 8.72. The number of likely N-dealkylation sites (tertiary alicyclic amines) is 1. The van der Waals surface area contributed by atoms with E-state index in [2.05, 4.69) is 20.9 Å². The van der Waals surface area contributed by atoms with Gasteiger partial charge in [0.1, 0.15) is 0 Å². The molecule has 0 bridgehead atoms. The van der Waals surface area contributed by atoms with Gasteiger partial charge in [-0.1, -0.05) is 77.0 Å². The third-order valence-electron chi connectivity index (χ3n) is 17.6. The molecule has 3 aliphatic heterocycles. The monoisotopic (exact) mass is 661 g/mol. The summed E-state index contributed by atoms with van der Waals surface area (Å²) < 4.78 is 7.49. The Labute approximate surface area is 294 Å². The van der Waals surface area contributed by atoms with Gasteiger partial charge < -0.3 is 4.74 Å². The highest BCUT2D eigenvalue weighted by Gasteiger charge is 2.59. The van der Waals surface area contributed by atoms with Gasteiger partial charge in [0, 0.05) is 18.1 Å². The molecule has 7 saturated carbocycles. The van der Waals surface area contributed by atoms with E-state index < -0.39 is 0 Å². The van der Waals surface area contributed by atoms with Crippen LogP contribution in [-0.4, -0.2) is 53.7 Å². The summed E-state index contributed by atoms with van der Waals surface area (Å²) in [6, 6.07) is 2.63. The Morgan fingerprint density at radius 2 is 0.896 bits per heavy atom. The summed E-state index contributed by atoms with van der Waals surface area (Å²) in [5.41, 5.74) is 0. The highest BCUT2D eigenvalue weighted by molar-refractivity contribution is 5.10. The smallest absolute Gasteiger partial charge is 0.0628 e. The number of nitrogens with zero attached hydrogens (tertiary/aromatic N) is 1. The number of fused-ring (bicyclic) bond motifs is 8. The SMILES string of the molecule is C1CCC(C2NC(C3CCCCC3)NC(C3CC4OC5CC(N6C7CCCCC7C7CCCCC76)CCC5C4C4CCCCC34)N2)CC1. The molecule has 48 heavy (non-hydrogen) atoms. The summed E-state index contributed by atoms with van der Waals surface area (Å²) in [6.45, 7) is 0. The van der Waals surface area contributed by atoms with E-state index in [1.54, 1.807) is 0 Å². The van der Waals surface area contributed by atoms with Crippen LogP contribution >= 0.6 is 0 Å². The fourth-order valence-electron chi connectivity index (χ4n) is 15.7. The molecular weight excluding hydrogens is 589 g/mol. The summed E-state index contributed by atoms with van der Waals surface area (Å²) in [4.78, 5) is 3.22. The van der Waals surface area contributed by atoms with Crippen molar-refractivity contribution in [3.63, 3.8) is 0 Å². The molecule has 5 nitrogen and oxygen atoms in total. The van der Waals surface area contributed by atoms with E-state index in [9.17, 15) is 0 Å². The maximum atomic E-state index is 7.49. The maximum Gasteiger partial charge on any atom is 0.0628 e. The molecule has 0 aromatic carbocycles. The lowest BCUT2D eigenvalue weighted by Crippen LogP contribution is -2.73. The van der Waals surface area contributed by atoms with Crippen molar-refractivity contribution >= 4 is 0 Å². The van der Waals surface area contributed by atoms with Crippen molar-refractivity contribution in [3.05, 3.63) is 0 Å². The summed E-state index contributed by atoms with van der Waals surface area (Å²) in [7, 11) is 0. The average molecular weight is 661 g/mol. The van der Waals surface area contributed by atoms with E-state index in [4.69, 9.17) is 4.74 Å². The Hall–Kier alpha value is -0.200. The zero-order valence-corrected chi connectivity index (χ0v) is 30.6. The molecule has 3 heterocycles. The summed E-state index contributed by atoms with van der Waals surface area (Å²) in [5, 5.41) is 12.9. The zero-order chi connectivity index (χ0) is 31.6. The van der Waals surface area contributed by atoms with Gasteiger partial charge >= 0.3 is 0 Å². The van der Waals surface area contributed by atoms with Crippen LogP contribution in [0.15, 0.2) is 0 Å². The number of rotatable bonds is 4. The Morgan fingerprint density at radius 3 is 1.52 bits per heavy atom. The largest absolute Gasteiger partial charge is 0.374 e. The molecule has 0 spiro atoms. The van der Waals surface area contributed by atoms with Gasteiger partial charge in [0.15, 0.2) is 0 Å². The van der Waals surface area contributed by atoms with Crippen LogP contribution in [0.5, 0.6) is 0 Å². The lowest BCUT2D eigenvalue weighted by atomic mass is 9.56. The molecule has 3 saturated heterocycles. The van der Waals surface area contributed by atoms with Crippen LogP contribution in [-0.2, 0) is 4.74 Å². The van der Waals surface area contributed by atoms with Crippen LogP contribution in [0.25, 0.3) is 0 Å². The fraction of sp³-hybridized carbons (Fsp3) is 1.00. The molecule has 14 unspecified atom stereocenters. The normalized spacial score (nSPS) is 52.1. The molecule has 270 valence electrons. The Morgan fingerprint density at radius 1 is 0.375 bits per heavy atom. The van der Waals surface area contributed by atoms with Crippen LogP contribution in [0.1, 0.15) is 167 Å². The van der Waals surface area contributed by atoms with Gasteiger partial charge in [0.25, 0.3) is 0 Å². The highest BCUT2D eigenvalue weighted by atomic mass is 16.5. The number of hydrogen-bond acceptors (Lipinski definition) is 5. The van der Waals surface area contributed by atoms with E-state index in [1.807, 2.05) is 0 Å². The van der Waals surface area contributed by atoms with Gasteiger partial charge in [-0.15, -0.1) is 0 Å². The highest BCUT2D eigenvalue weighted by Crippen LogP contribution is 2.59. The molecule has 7 aliphatic carbocycles. The minimum absolute atomic E-state index is 0.465. The molecule has 3 N–H and O–H groups in total. The third kappa shape index (κ3) is 5.81. The van der Waals surface area contributed by atoms with Crippen LogP contribution in [0.2, 0.25) is 0 Å². The molecule has 0 amide bonds. The first-order chi connectivity index (χ1) is 23.8. The topological polar surface area (TPSA) is 48.6 Å². The van der Waals surface area contributed by atoms with Crippen LogP contribution in [0, 0.1) is 53.3 Å².